The number of carbonyl (C=O) groups excluding carboxylic acids is 2. The number of aliphatic hydroxyl groups is 2. The fourth-order valence-electron chi connectivity index (χ4n) is 3.81. The van der Waals surface area contributed by atoms with Crippen molar-refractivity contribution < 1.29 is 29.3 Å². The van der Waals surface area contributed by atoms with Crippen molar-refractivity contribution >= 4 is 35.3 Å². The molecule has 1 aliphatic heterocycles. The third kappa shape index (κ3) is 7.08. The minimum atomic E-state index is -0.709. The zero-order chi connectivity index (χ0) is 22.2. The molecule has 2 aliphatic rings. The molecule has 0 bridgehead atoms. The summed E-state index contributed by atoms with van der Waals surface area (Å²) < 4.78 is 10.0. The Morgan fingerprint density at radius 1 is 1.32 bits per heavy atom. The number of methoxy groups -OCH3 is 1. The van der Waals surface area contributed by atoms with Crippen molar-refractivity contribution in [3.63, 3.8) is 0 Å². The van der Waals surface area contributed by atoms with Crippen molar-refractivity contribution in [3.8, 4) is 0 Å². The molecule has 1 saturated carbocycles. The maximum Gasteiger partial charge on any atom is 0.315 e. The lowest BCUT2D eigenvalue weighted by Gasteiger charge is -2.17. The number of thioether (sulfide) groups is 2. The third-order valence-electron chi connectivity index (χ3n) is 5.49. The number of esters is 1. The molecular formula is C23H30O6S2. The highest BCUT2D eigenvalue weighted by atomic mass is 32.2. The van der Waals surface area contributed by atoms with Gasteiger partial charge >= 0.3 is 5.97 Å². The number of hydrogen-bond donors (Lipinski definition) is 2. The van der Waals surface area contributed by atoms with Crippen molar-refractivity contribution in [3.05, 3.63) is 47.0 Å². The molecule has 3 rings (SSSR count). The maximum atomic E-state index is 12.3. The van der Waals surface area contributed by atoms with E-state index < -0.39 is 12.2 Å². The SMILES string of the molecule is COC(=O)CSCCCSC1C(=O)C[C@@H](O)C1/C=C/[C@H](O)Cc1ccc2c(c1)COC2. The van der Waals surface area contributed by atoms with Crippen molar-refractivity contribution in [1.82, 2.24) is 0 Å². The highest BCUT2D eigenvalue weighted by Crippen LogP contribution is 2.34. The fourth-order valence-corrected chi connectivity index (χ4v) is 6.11. The van der Waals surface area contributed by atoms with E-state index in [9.17, 15) is 19.8 Å². The predicted octanol–water partition coefficient (Wildman–Crippen LogP) is 2.52. The van der Waals surface area contributed by atoms with Crippen molar-refractivity contribution in [2.75, 3.05) is 24.4 Å². The van der Waals surface area contributed by atoms with Gasteiger partial charge in [0.25, 0.3) is 0 Å². The van der Waals surface area contributed by atoms with Crippen LogP contribution in [0.4, 0.5) is 0 Å². The molecule has 31 heavy (non-hydrogen) atoms. The Bertz CT molecular complexity index is 796. The first-order valence-electron chi connectivity index (χ1n) is 10.5. The first kappa shape index (κ1) is 24.3. The molecule has 0 spiro atoms. The topological polar surface area (TPSA) is 93.1 Å². The van der Waals surface area contributed by atoms with Crippen LogP contribution in [0, 0.1) is 5.92 Å². The molecule has 2 unspecified atom stereocenters. The summed E-state index contributed by atoms with van der Waals surface area (Å²) in [5, 5.41) is 20.5. The van der Waals surface area contributed by atoms with Gasteiger partial charge in [-0.2, -0.15) is 11.8 Å². The monoisotopic (exact) mass is 466 g/mol. The van der Waals surface area contributed by atoms with Gasteiger partial charge < -0.3 is 19.7 Å². The molecule has 4 atom stereocenters. The number of ketones is 1. The number of ether oxygens (including phenoxy) is 2. The predicted molar refractivity (Wildman–Crippen MR) is 123 cm³/mol. The molecule has 1 heterocycles. The van der Waals surface area contributed by atoms with Gasteiger partial charge in [-0.25, -0.2) is 0 Å². The number of rotatable bonds is 11. The minimum absolute atomic E-state index is 0.0578. The van der Waals surface area contributed by atoms with Crippen LogP contribution >= 0.6 is 23.5 Å². The van der Waals surface area contributed by atoms with E-state index in [1.54, 1.807) is 23.9 Å². The summed E-state index contributed by atoms with van der Waals surface area (Å²) >= 11 is 3.07. The van der Waals surface area contributed by atoms with E-state index in [4.69, 9.17) is 4.74 Å². The first-order chi connectivity index (χ1) is 15.0. The van der Waals surface area contributed by atoms with Gasteiger partial charge in [-0.1, -0.05) is 30.4 Å². The van der Waals surface area contributed by atoms with Gasteiger partial charge in [0.15, 0.2) is 0 Å². The average molecular weight is 467 g/mol. The van der Waals surface area contributed by atoms with E-state index in [1.165, 1.54) is 30.0 Å². The highest BCUT2D eigenvalue weighted by molar-refractivity contribution is 8.01. The molecule has 6 nitrogen and oxygen atoms in total. The second-order valence-corrected chi connectivity index (χ2v) is 10.2. The quantitative estimate of drug-likeness (QED) is 0.292. The van der Waals surface area contributed by atoms with Gasteiger partial charge in [0.05, 0.1) is 43.5 Å². The maximum absolute atomic E-state index is 12.3. The number of hydrogen-bond acceptors (Lipinski definition) is 8. The van der Waals surface area contributed by atoms with Crippen LogP contribution in [-0.4, -0.2) is 63.8 Å². The summed E-state index contributed by atoms with van der Waals surface area (Å²) in [5.74, 6) is 1.47. The van der Waals surface area contributed by atoms with Crippen LogP contribution in [0.15, 0.2) is 30.4 Å². The van der Waals surface area contributed by atoms with E-state index in [2.05, 4.69) is 10.8 Å². The average Bonchev–Trinajstić information content (AvgIpc) is 3.32. The minimum Gasteiger partial charge on any atom is -0.468 e. The van der Waals surface area contributed by atoms with Gasteiger partial charge in [0, 0.05) is 18.8 Å². The van der Waals surface area contributed by atoms with E-state index in [0.717, 1.165) is 23.5 Å². The lowest BCUT2D eigenvalue weighted by Crippen LogP contribution is -2.22. The van der Waals surface area contributed by atoms with Crippen LogP contribution in [0.5, 0.6) is 0 Å². The molecule has 8 heteroatoms. The standard InChI is InChI=1S/C23H30O6S2/c1-28-22(27)14-30-7-2-8-31-23-19(20(25)11-21(23)26)6-5-18(24)10-15-3-4-16-12-29-13-17(16)9-15/h3-6,9,18-20,23-25H,2,7-8,10-14H2,1H3/b6-5+/t18-,19?,20+,23?/m0/s1. The Morgan fingerprint density at radius 3 is 2.94 bits per heavy atom. The lowest BCUT2D eigenvalue weighted by molar-refractivity contribution is -0.137. The smallest absolute Gasteiger partial charge is 0.315 e. The number of carbonyl (C=O) groups is 2. The Labute approximate surface area is 191 Å². The lowest BCUT2D eigenvalue weighted by atomic mass is 10.00. The molecule has 1 aliphatic carbocycles. The van der Waals surface area contributed by atoms with Gasteiger partial charge in [0.2, 0.25) is 0 Å². The summed E-state index contributed by atoms with van der Waals surface area (Å²) in [7, 11) is 1.38. The molecule has 0 aromatic heterocycles. The highest BCUT2D eigenvalue weighted by Gasteiger charge is 2.40. The Balaban J connectivity index is 1.46. The van der Waals surface area contributed by atoms with Gasteiger partial charge in [-0.05, 0) is 34.6 Å². The number of Topliss-reactive ketones (excluding diaryl/α,β-unsaturated/α-hetero) is 1. The molecule has 0 amide bonds. The van der Waals surface area contributed by atoms with Crippen molar-refractivity contribution in [2.45, 2.75) is 49.9 Å². The largest absolute Gasteiger partial charge is 0.468 e. The van der Waals surface area contributed by atoms with Crippen LogP contribution in [0.3, 0.4) is 0 Å². The van der Waals surface area contributed by atoms with E-state index in [0.29, 0.717) is 25.4 Å². The zero-order valence-corrected chi connectivity index (χ0v) is 19.3. The molecule has 2 N–H and O–H groups in total. The Kier molecular flexibility index (Phi) is 9.47. The first-order valence-corrected chi connectivity index (χ1v) is 12.7. The van der Waals surface area contributed by atoms with Crippen LogP contribution in [0.2, 0.25) is 0 Å². The number of fused-ring (bicyclic) bond motifs is 1. The van der Waals surface area contributed by atoms with E-state index in [1.807, 2.05) is 12.1 Å². The van der Waals surface area contributed by atoms with Crippen LogP contribution in [0.1, 0.15) is 29.5 Å². The molecule has 1 aromatic carbocycles. The summed E-state index contributed by atoms with van der Waals surface area (Å²) in [5.41, 5.74) is 3.41. The van der Waals surface area contributed by atoms with Crippen LogP contribution in [-0.2, 0) is 38.7 Å². The Morgan fingerprint density at radius 2 is 2.13 bits per heavy atom. The number of benzene rings is 1. The summed E-state index contributed by atoms with van der Waals surface area (Å²) in [6.45, 7) is 1.26. The van der Waals surface area contributed by atoms with Crippen molar-refractivity contribution in [1.29, 1.82) is 0 Å². The van der Waals surface area contributed by atoms with E-state index in [-0.39, 0.29) is 29.3 Å². The zero-order valence-electron chi connectivity index (χ0n) is 17.7. The van der Waals surface area contributed by atoms with Gasteiger partial charge in [-0.3, -0.25) is 9.59 Å². The molecule has 1 fully saturated rings. The van der Waals surface area contributed by atoms with Crippen LogP contribution < -0.4 is 0 Å². The summed E-state index contributed by atoms with van der Waals surface area (Å²) in [4.78, 5) is 23.4. The second kappa shape index (κ2) is 12.1. The summed E-state index contributed by atoms with van der Waals surface area (Å²) in [6.07, 6.45) is 3.63. The van der Waals surface area contributed by atoms with Gasteiger partial charge in [-0.15, -0.1) is 11.8 Å². The van der Waals surface area contributed by atoms with Gasteiger partial charge in [0.1, 0.15) is 5.78 Å². The summed E-state index contributed by atoms with van der Waals surface area (Å²) in [6, 6.07) is 6.13. The fraction of sp³-hybridized carbons (Fsp3) is 0.565. The molecule has 0 radical (unpaired) electrons. The van der Waals surface area contributed by atoms with Crippen LogP contribution in [0.25, 0.3) is 0 Å². The third-order valence-corrected chi connectivity index (χ3v) is 7.96. The second-order valence-electron chi connectivity index (χ2n) is 7.84. The van der Waals surface area contributed by atoms with Crippen molar-refractivity contribution in [2.24, 2.45) is 5.92 Å². The molecular weight excluding hydrogens is 436 g/mol. The molecule has 1 aromatic rings. The number of aliphatic hydroxyl groups excluding tert-OH is 2. The Hall–Kier alpha value is -1.32. The molecule has 170 valence electrons. The normalized spacial score (nSPS) is 24.0. The molecule has 0 saturated heterocycles. The van der Waals surface area contributed by atoms with E-state index >= 15 is 0 Å².